The third-order valence-electron chi connectivity index (χ3n) is 3.15. The number of likely N-dealkylation sites (N-methyl/N-ethyl adjacent to an activating group) is 1. The largest absolute Gasteiger partial charge is 0.495 e. The van der Waals surface area contributed by atoms with E-state index in [-0.39, 0.29) is 0 Å². The molecule has 4 heteroatoms. The Balaban J connectivity index is 2.33. The number of hydrogen-bond acceptors (Lipinski definition) is 3. The predicted molar refractivity (Wildman–Crippen MR) is 67.8 cm³/mol. The lowest BCUT2D eigenvalue weighted by Gasteiger charge is -2.37. The Bertz CT molecular complexity index is 391. The lowest BCUT2D eigenvalue weighted by molar-refractivity contribution is 0.400. The van der Waals surface area contributed by atoms with Crippen molar-refractivity contribution >= 4 is 17.3 Å². The van der Waals surface area contributed by atoms with E-state index in [2.05, 4.69) is 17.3 Å². The minimum Gasteiger partial charge on any atom is -0.495 e. The van der Waals surface area contributed by atoms with Gasteiger partial charge in [-0.05, 0) is 24.6 Å². The summed E-state index contributed by atoms with van der Waals surface area (Å²) in [5.41, 5.74) is 2.10. The van der Waals surface area contributed by atoms with Gasteiger partial charge in [0.15, 0.2) is 0 Å². The highest BCUT2D eigenvalue weighted by molar-refractivity contribution is 6.31. The molecule has 1 saturated heterocycles. The normalized spacial score (nSPS) is 15.8. The third kappa shape index (κ3) is 1.97. The summed E-state index contributed by atoms with van der Waals surface area (Å²) in [6, 6.07) is 4.50. The number of ether oxygens (including phenoxy) is 1. The highest BCUT2D eigenvalue weighted by Crippen LogP contribution is 2.34. The molecular weight excluding hydrogens is 224 g/mol. The molecule has 0 aromatic heterocycles. The zero-order chi connectivity index (χ0) is 11.7. The Morgan fingerprint density at radius 1 is 1.44 bits per heavy atom. The molecule has 0 saturated carbocycles. The standard InChI is InChI=1S/C12H17ClN2O/c1-8-4-12(16-3)11(5-10(8)13)15(2)9-6-14-7-9/h4-5,9,14H,6-7H2,1-3H3. The van der Waals surface area contributed by atoms with Crippen molar-refractivity contribution in [2.24, 2.45) is 0 Å². The molecule has 1 N–H and O–H groups in total. The fourth-order valence-electron chi connectivity index (χ4n) is 1.83. The van der Waals surface area contributed by atoms with Gasteiger partial charge in [0, 0.05) is 25.2 Å². The molecule has 1 aliphatic heterocycles. The minimum atomic E-state index is 0.535. The zero-order valence-corrected chi connectivity index (χ0v) is 10.6. The number of methoxy groups -OCH3 is 1. The summed E-state index contributed by atoms with van der Waals surface area (Å²) in [5.74, 6) is 0.885. The molecule has 88 valence electrons. The molecule has 1 heterocycles. The minimum absolute atomic E-state index is 0.535. The maximum absolute atomic E-state index is 6.15. The summed E-state index contributed by atoms with van der Waals surface area (Å²) in [5, 5.41) is 4.05. The van der Waals surface area contributed by atoms with E-state index >= 15 is 0 Å². The van der Waals surface area contributed by atoms with Crippen molar-refractivity contribution in [3.05, 3.63) is 22.7 Å². The van der Waals surface area contributed by atoms with Crippen LogP contribution in [0.5, 0.6) is 5.75 Å². The van der Waals surface area contributed by atoms with Crippen LogP contribution in [0.3, 0.4) is 0 Å². The van der Waals surface area contributed by atoms with Crippen molar-refractivity contribution in [3.8, 4) is 5.75 Å². The molecule has 1 aromatic carbocycles. The van der Waals surface area contributed by atoms with Gasteiger partial charge in [-0.3, -0.25) is 0 Å². The van der Waals surface area contributed by atoms with Crippen LogP contribution in [0.2, 0.25) is 5.02 Å². The molecule has 0 spiro atoms. The van der Waals surface area contributed by atoms with Gasteiger partial charge in [0.2, 0.25) is 0 Å². The SMILES string of the molecule is COc1cc(C)c(Cl)cc1N(C)C1CNC1. The topological polar surface area (TPSA) is 24.5 Å². The first-order chi connectivity index (χ1) is 7.63. The van der Waals surface area contributed by atoms with Gasteiger partial charge >= 0.3 is 0 Å². The zero-order valence-electron chi connectivity index (χ0n) is 9.88. The summed E-state index contributed by atoms with van der Waals surface area (Å²) in [4.78, 5) is 2.22. The van der Waals surface area contributed by atoms with Gasteiger partial charge in [0.25, 0.3) is 0 Å². The summed E-state index contributed by atoms with van der Waals surface area (Å²) >= 11 is 6.15. The number of benzene rings is 1. The first-order valence-corrected chi connectivity index (χ1v) is 5.79. The molecule has 3 nitrogen and oxygen atoms in total. The van der Waals surface area contributed by atoms with Crippen molar-refractivity contribution in [2.45, 2.75) is 13.0 Å². The van der Waals surface area contributed by atoms with Crippen LogP contribution >= 0.6 is 11.6 Å². The average Bonchev–Trinajstić information content (AvgIpc) is 2.18. The summed E-state index contributed by atoms with van der Waals surface area (Å²) in [6.45, 7) is 4.02. The van der Waals surface area contributed by atoms with Crippen LogP contribution in [0.25, 0.3) is 0 Å². The molecule has 0 bridgehead atoms. The van der Waals surface area contributed by atoms with Crippen molar-refractivity contribution < 1.29 is 4.74 Å². The molecule has 0 amide bonds. The molecule has 1 aliphatic rings. The monoisotopic (exact) mass is 240 g/mol. The van der Waals surface area contributed by atoms with Crippen molar-refractivity contribution in [3.63, 3.8) is 0 Å². The summed E-state index contributed by atoms with van der Waals surface area (Å²) in [6.07, 6.45) is 0. The Labute approximate surface area is 101 Å². The summed E-state index contributed by atoms with van der Waals surface area (Å²) < 4.78 is 5.40. The Morgan fingerprint density at radius 2 is 2.12 bits per heavy atom. The maximum Gasteiger partial charge on any atom is 0.142 e. The Kier molecular flexibility index (Phi) is 3.26. The Morgan fingerprint density at radius 3 is 2.62 bits per heavy atom. The lowest BCUT2D eigenvalue weighted by atomic mass is 10.1. The molecule has 1 aromatic rings. The van der Waals surface area contributed by atoms with Gasteiger partial charge < -0.3 is 15.0 Å². The van der Waals surface area contributed by atoms with E-state index in [1.165, 1.54) is 0 Å². The van der Waals surface area contributed by atoms with E-state index < -0.39 is 0 Å². The molecule has 0 radical (unpaired) electrons. The predicted octanol–water partition coefficient (Wildman–Crippen LogP) is 2.07. The van der Waals surface area contributed by atoms with Crippen molar-refractivity contribution in [2.75, 3.05) is 32.1 Å². The number of rotatable bonds is 3. The van der Waals surface area contributed by atoms with Crippen LogP contribution in [0.15, 0.2) is 12.1 Å². The van der Waals surface area contributed by atoms with Gasteiger partial charge in [-0.25, -0.2) is 0 Å². The molecule has 1 fully saturated rings. The molecule has 0 unspecified atom stereocenters. The number of hydrogen-bond donors (Lipinski definition) is 1. The second-order valence-corrected chi connectivity index (χ2v) is 4.60. The van der Waals surface area contributed by atoms with E-state index in [9.17, 15) is 0 Å². The highest BCUT2D eigenvalue weighted by atomic mass is 35.5. The first kappa shape index (κ1) is 11.6. The van der Waals surface area contributed by atoms with Crippen LogP contribution in [0.4, 0.5) is 5.69 Å². The van der Waals surface area contributed by atoms with Crippen LogP contribution in [-0.2, 0) is 0 Å². The highest BCUT2D eigenvalue weighted by Gasteiger charge is 2.24. The quantitative estimate of drug-likeness (QED) is 0.876. The van der Waals surface area contributed by atoms with Crippen molar-refractivity contribution in [1.29, 1.82) is 0 Å². The second-order valence-electron chi connectivity index (χ2n) is 4.20. The molecule has 0 atom stereocenters. The molecular formula is C12H17ClN2O. The average molecular weight is 241 g/mol. The van der Waals surface area contributed by atoms with E-state index in [0.717, 1.165) is 35.1 Å². The fourth-order valence-corrected chi connectivity index (χ4v) is 1.99. The van der Waals surface area contributed by atoms with Crippen molar-refractivity contribution in [1.82, 2.24) is 5.32 Å². The van der Waals surface area contributed by atoms with Gasteiger partial charge in [0.1, 0.15) is 5.75 Å². The Hall–Kier alpha value is -0.930. The molecule has 16 heavy (non-hydrogen) atoms. The van der Waals surface area contributed by atoms with Crippen LogP contribution in [-0.4, -0.2) is 33.3 Å². The van der Waals surface area contributed by atoms with Gasteiger partial charge in [-0.15, -0.1) is 0 Å². The number of halogens is 1. The molecule has 2 rings (SSSR count). The molecule has 0 aliphatic carbocycles. The van der Waals surface area contributed by atoms with Gasteiger partial charge in [0.05, 0.1) is 18.8 Å². The van der Waals surface area contributed by atoms with E-state index in [1.54, 1.807) is 7.11 Å². The number of nitrogens with one attached hydrogen (secondary N) is 1. The smallest absolute Gasteiger partial charge is 0.142 e. The van der Waals surface area contributed by atoms with Gasteiger partial charge in [-0.1, -0.05) is 11.6 Å². The fraction of sp³-hybridized carbons (Fsp3) is 0.500. The van der Waals surface area contributed by atoms with Crippen LogP contribution in [0.1, 0.15) is 5.56 Å². The van der Waals surface area contributed by atoms with Crippen LogP contribution in [0, 0.1) is 6.92 Å². The third-order valence-corrected chi connectivity index (χ3v) is 3.55. The number of anilines is 1. The maximum atomic E-state index is 6.15. The van der Waals surface area contributed by atoms with E-state index in [4.69, 9.17) is 16.3 Å². The second kappa shape index (κ2) is 4.52. The number of aryl methyl sites for hydroxylation is 1. The number of nitrogens with zero attached hydrogens (tertiary/aromatic N) is 1. The first-order valence-electron chi connectivity index (χ1n) is 5.41. The lowest BCUT2D eigenvalue weighted by Crippen LogP contribution is -2.56. The van der Waals surface area contributed by atoms with Crippen LogP contribution < -0.4 is 15.0 Å². The van der Waals surface area contributed by atoms with E-state index in [0.29, 0.717) is 6.04 Å². The van der Waals surface area contributed by atoms with Gasteiger partial charge in [-0.2, -0.15) is 0 Å². The summed E-state index contributed by atoms with van der Waals surface area (Å²) in [7, 11) is 3.77. The van der Waals surface area contributed by atoms with E-state index in [1.807, 2.05) is 19.1 Å².